The van der Waals surface area contributed by atoms with Gasteiger partial charge in [-0.1, -0.05) is 12.1 Å². The van der Waals surface area contributed by atoms with E-state index in [1.165, 1.54) is 24.4 Å². The molecule has 0 aliphatic carbocycles. The molecule has 0 unspecified atom stereocenters. The Kier molecular flexibility index (Phi) is 4.66. The van der Waals surface area contributed by atoms with Gasteiger partial charge in [0.05, 0.1) is 29.1 Å². The van der Waals surface area contributed by atoms with Crippen molar-refractivity contribution in [1.82, 2.24) is 15.2 Å². The molecule has 3 rings (SSSR count). The van der Waals surface area contributed by atoms with Crippen LogP contribution in [0.15, 0.2) is 54.7 Å². The summed E-state index contributed by atoms with van der Waals surface area (Å²) in [5.41, 5.74) is 0.153. The summed E-state index contributed by atoms with van der Waals surface area (Å²) in [7, 11) is 0. The van der Waals surface area contributed by atoms with Crippen LogP contribution in [0.3, 0.4) is 0 Å². The predicted molar refractivity (Wildman–Crippen MR) is 89.0 cm³/mol. The molecule has 9 heteroatoms. The highest BCUT2D eigenvalue weighted by atomic mass is 19.4. The highest BCUT2D eigenvalue weighted by Crippen LogP contribution is 2.35. The van der Waals surface area contributed by atoms with Crippen LogP contribution in [0.1, 0.15) is 11.1 Å². The highest BCUT2D eigenvalue weighted by molar-refractivity contribution is 5.62. The lowest BCUT2D eigenvalue weighted by Gasteiger charge is -2.13. The summed E-state index contributed by atoms with van der Waals surface area (Å²) in [6.07, 6.45) is -3.17. The number of aromatic nitrogens is 3. The van der Waals surface area contributed by atoms with E-state index in [1.807, 2.05) is 6.07 Å². The van der Waals surface area contributed by atoms with Crippen molar-refractivity contribution in [3.63, 3.8) is 0 Å². The molecule has 0 saturated heterocycles. The van der Waals surface area contributed by atoms with Crippen molar-refractivity contribution >= 4 is 23.1 Å². The minimum absolute atomic E-state index is 0.0830. The van der Waals surface area contributed by atoms with Crippen molar-refractivity contribution in [3.8, 4) is 6.07 Å². The predicted octanol–water partition coefficient (Wildman–Crippen LogP) is 4.25. The molecule has 0 radical (unpaired) electrons. The van der Waals surface area contributed by atoms with E-state index in [4.69, 9.17) is 5.26 Å². The van der Waals surface area contributed by atoms with Crippen molar-refractivity contribution in [2.75, 3.05) is 10.6 Å². The molecule has 0 aliphatic rings. The van der Waals surface area contributed by atoms with Crippen LogP contribution in [-0.2, 0) is 6.18 Å². The van der Waals surface area contributed by atoms with Gasteiger partial charge >= 0.3 is 6.18 Å². The first-order valence-electron chi connectivity index (χ1n) is 7.36. The molecule has 3 aromatic rings. The summed E-state index contributed by atoms with van der Waals surface area (Å²) in [5.74, 6) is 0.206. The number of halogens is 3. The van der Waals surface area contributed by atoms with Crippen LogP contribution < -0.4 is 10.6 Å². The zero-order chi connectivity index (χ0) is 18.6. The number of alkyl halides is 3. The van der Waals surface area contributed by atoms with Crippen molar-refractivity contribution < 1.29 is 13.2 Å². The van der Waals surface area contributed by atoms with Gasteiger partial charge in [0.25, 0.3) is 0 Å². The van der Waals surface area contributed by atoms with Gasteiger partial charge in [0.2, 0.25) is 5.95 Å². The Hall–Kier alpha value is -3.67. The maximum Gasteiger partial charge on any atom is 0.418 e. The number of anilines is 4. The average molecular weight is 356 g/mol. The number of benzene rings is 2. The molecule has 0 atom stereocenters. The lowest BCUT2D eigenvalue weighted by molar-refractivity contribution is -0.136. The minimum Gasteiger partial charge on any atom is -0.339 e. The molecule has 2 N–H and O–H groups in total. The van der Waals surface area contributed by atoms with E-state index in [1.54, 1.807) is 24.3 Å². The molecule has 0 aliphatic heterocycles. The van der Waals surface area contributed by atoms with Crippen LogP contribution in [-0.4, -0.2) is 15.2 Å². The first-order valence-corrected chi connectivity index (χ1v) is 7.36. The molecular formula is C17H11F3N6. The van der Waals surface area contributed by atoms with Gasteiger partial charge in [-0.05, 0) is 36.4 Å². The van der Waals surface area contributed by atoms with Gasteiger partial charge in [0.1, 0.15) is 0 Å². The average Bonchev–Trinajstić information content (AvgIpc) is 2.62. The fraction of sp³-hybridized carbons (Fsp3) is 0.0588. The molecule has 2 aromatic carbocycles. The Labute approximate surface area is 146 Å². The third-order valence-corrected chi connectivity index (χ3v) is 3.32. The molecule has 0 amide bonds. The summed E-state index contributed by atoms with van der Waals surface area (Å²) < 4.78 is 39.1. The van der Waals surface area contributed by atoms with Gasteiger partial charge in [-0.25, -0.2) is 0 Å². The van der Waals surface area contributed by atoms with Crippen molar-refractivity contribution in [2.45, 2.75) is 6.18 Å². The van der Waals surface area contributed by atoms with Crippen molar-refractivity contribution in [3.05, 3.63) is 65.9 Å². The molecule has 26 heavy (non-hydrogen) atoms. The molecule has 0 saturated carbocycles. The van der Waals surface area contributed by atoms with Gasteiger partial charge in [0.15, 0.2) is 5.82 Å². The van der Waals surface area contributed by atoms with Crippen LogP contribution in [0.4, 0.5) is 36.3 Å². The monoisotopic (exact) mass is 356 g/mol. The summed E-state index contributed by atoms with van der Waals surface area (Å²) in [6, 6.07) is 13.6. The van der Waals surface area contributed by atoms with E-state index < -0.39 is 11.7 Å². The third-order valence-electron chi connectivity index (χ3n) is 3.32. The van der Waals surface area contributed by atoms with E-state index in [9.17, 15) is 13.2 Å². The zero-order valence-corrected chi connectivity index (χ0v) is 13.1. The molecule has 0 spiro atoms. The van der Waals surface area contributed by atoms with E-state index in [0.29, 0.717) is 11.3 Å². The Morgan fingerprint density at radius 3 is 2.38 bits per heavy atom. The Morgan fingerprint density at radius 1 is 0.962 bits per heavy atom. The van der Waals surface area contributed by atoms with E-state index in [-0.39, 0.29) is 17.5 Å². The zero-order valence-electron chi connectivity index (χ0n) is 13.1. The fourth-order valence-corrected chi connectivity index (χ4v) is 2.15. The normalized spacial score (nSPS) is 10.8. The van der Waals surface area contributed by atoms with Gasteiger partial charge in [-0.3, -0.25) is 0 Å². The number of para-hydroxylation sites is 1. The second kappa shape index (κ2) is 7.06. The molecule has 1 aromatic heterocycles. The Morgan fingerprint density at radius 2 is 1.69 bits per heavy atom. The van der Waals surface area contributed by atoms with Crippen LogP contribution >= 0.6 is 0 Å². The fourth-order valence-electron chi connectivity index (χ4n) is 2.15. The van der Waals surface area contributed by atoms with Crippen LogP contribution in [0, 0.1) is 11.3 Å². The SMILES string of the molecule is N#Cc1ccc(Nc2cnnc(Nc3ccccc3C(F)(F)F)n2)cc1. The van der Waals surface area contributed by atoms with E-state index >= 15 is 0 Å². The van der Waals surface area contributed by atoms with Crippen LogP contribution in [0.2, 0.25) is 0 Å². The number of nitriles is 1. The molecule has 1 heterocycles. The number of rotatable bonds is 4. The lowest BCUT2D eigenvalue weighted by Crippen LogP contribution is -2.10. The van der Waals surface area contributed by atoms with E-state index in [0.717, 1.165) is 6.07 Å². The number of hydrogen-bond donors (Lipinski definition) is 2. The van der Waals surface area contributed by atoms with Crippen LogP contribution in [0.25, 0.3) is 0 Å². The number of nitrogens with one attached hydrogen (secondary N) is 2. The third kappa shape index (κ3) is 4.05. The molecule has 6 nitrogen and oxygen atoms in total. The largest absolute Gasteiger partial charge is 0.418 e. The maximum atomic E-state index is 13.0. The minimum atomic E-state index is -4.50. The second-order valence-corrected chi connectivity index (χ2v) is 5.15. The molecule has 130 valence electrons. The van der Waals surface area contributed by atoms with E-state index in [2.05, 4.69) is 25.8 Å². The summed E-state index contributed by atoms with van der Waals surface area (Å²) >= 11 is 0. The molecule has 0 bridgehead atoms. The first kappa shape index (κ1) is 17.2. The topological polar surface area (TPSA) is 86.5 Å². The second-order valence-electron chi connectivity index (χ2n) is 5.15. The summed E-state index contributed by atoms with van der Waals surface area (Å²) in [5, 5.41) is 21.7. The van der Waals surface area contributed by atoms with Gasteiger partial charge in [-0.2, -0.15) is 28.5 Å². The molecular weight excluding hydrogens is 345 g/mol. The number of hydrogen-bond acceptors (Lipinski definition) is 6. The summed E-state index contributed by atoms with van der Waals surface area (Å²) in [4.78, 5) is 4.10. The number of nitrogens with zero attached hydrogens (tertiary/aromatic N) is 4. The Bertz CT molecular complexity index is 948. The first-order chi connectivity index (χ1) is 12.5. The lowest BCUT2D eigenvalue weighted by atomic mass is 10.1. The van der Waals surface area contributed by atoms with Crippen LogP contribution in [0.5, 0.6) is 0 Å². The molecule has 0 fully saturated rings. The standard InChI is InChI=1S/C17H11F3N6/c18-17(19,20)13-3-1-2-4-14(13)24-16-25-15(10-22-26-16)23-12-7-5-11(9-21)6-8-12/h1-8,10H,(H2,23,24,25,26). The smallest absolute Gasteiger partial charge is 0.339 e. The maximum absolute atomic E-state index is 13.0. The van der Waals surface area contributed by atoms with Crippen molar-refractivity contribution in [1.29, 1.82) is 5.26 Å². The summed E-state index contributed by atoms with van der Waals surface area (Å²) in [6.45, 7) is 0. The van der Waals surface area contributed by atoms with Gasteiger partial charge in [0, 0.05) is 5.69 Å². The van der Waals surface area contributed by atoms with Gasteiger partial charge in [-0.15, -0.1) is 5.10 Å². The van der Waals surface area contributed by atoms with Gasteiger partial charge < -0.3 is 10.6 Å². The Balaban J connectivity index is 1.81. The quantitative estimate of drug-likeness (QED) is 0.727. The highest BCUT2D eigenvalue weighted by Gasteiger charge is 2.33. The van der Waals surface area contributed by atoms with Crippen molar-refractivity contribution in [2.24, 2.45) is 0 Å².